The zero-order chi connectivity index (χ0) is 16.0. The fraction of sp³-hybridized carbons (Fsp3) is 0.462. The molecule has 0 aliphatic carbocycles. The Bertz CT molecular complexity index is 493. The Labute approximate surface area is 120 Å². The summed E-state index contributed by atoms with van der Waals surface area (Å²) in [6, 6.07) is 3.32. The zero-order valence-corrected chi connectivity index (χ0v) is 11.7. The third kappa shape index (κ3) is 5.50. The predicted octanol–water partition coefficient (Wildman–Crippen LogP) is 2.36. The van der Waals surface area contributed by atoms with E-state index in [0.29, 0.717) is 11.3 Å². The van der Waals surface area contributed by atoms with Gasteiger partial charge in [-0.3, -0.25) is 0 Å². The minimum absolute atomic E-state index is 0.000673. The molecule has 0 radical (unpaired) electrons. The molecule has 3 N–H and O–H groups in total. The van der Waals surface area contributed by atoms with Crippen LogP contribution in [0.15, 0.2) is 17.3 Å². The first-order valence-corrected chi connectivity index (χ1v) is 6.11. The minimum atomic E-state index is -4.34. The van der Waals surface area contributed by atoms with Gasteiger partial charge in [0, 0.05) is 5.56 Å². The van der Waals surface area contributed by atoms with Crippen LogP contribution in [0.4, 0.5) is 13.2 Å². The van der Waals surface area contributed by atoms with Crippen molar-refractivity contribution in [3.05, 3.63) is 28.8 Å². The Kier molecular flexibility index (Phi) is 5.83. The van der Waals surface area contributed by atoms with Crippen LogP contribution in [-0.4, -0.2) is 37.0 Å². The molecule has 0 aliphatic heterocycles. The summed E-state index contributed by atoms with van der Waals surface area (Å²) in [5, 5.41) is 11.5. The Morgan fingerprint density at radius 1 is 1.24 bits per heavy atom. The summed E-state index contributed by atoms with van der Waals surface area (Å²) >= 11 is 0. The number of amidine groups is 1. The lowest BCUT2D eigenvalue weighted by molar-refractivity contribution is -0.175. The lowest BCUT2D eigenvalue weighted by Crippen LogP contribution is -2.19. The van der Waals surface area contributed by atoms with Crippen LogP contribution < -0.4 is 10.5 Å². The van der Waals surface area contributed by atoms with Crippen molar-refractivity contribution in [3.63, 3.8) is 0 Å². The first-order valence-electron chi connectivity index (χ1n) is 6.11. The zero-order valence-electron chi connectivity index (χ0n) is 11.7. The van der Waals surface area contributed by atoms with E-state index >= 15 is 0 Å². The van der Waals surface area contributed by atoms with E-state index in [4.69, 9.17) is 15.7 Å². The van der Waals surface area contributed by atoms with Gasteiger partial charge in [-0.15, -0.1) is 0 Å². The number of nitrogens with zero attached hydrogens (tertiary/aromatic N) is 1. The molecule has 0 heterocycles. The number of ether oxygens (including phenoxy) is 2. The molecule has 8 heteroatoms. The summed E-state index contributed by atoms with van der Waals surface area (Å²) in [6.45, 7) is 2.05. The molecule has 0 saturated carbocycles. The molecule has 0 unspecified atom stereocenters. The molecule has 0 aliphatic rings. The second kappa shape index (κ2) is 7.16. The summed E-state index contributed by atoms with van der Waals surface area (Å²) in [6.07, 6.45) is -4.34. The topological polar surface area (TPSA) is 77.1 Å². The lowest BCUT2D eigenvalue weighted by atomic mass is 10.1. The molecule has 5 nitrogen and oxygen atoms in total. The second-order valence-electron chi connectivity index (χ2n) is 4.44. The number of rotatable bonds is 6. The van der Waals surface area contributed by atoms with Crippen LogP contribution in [0.5, 0.6) is 5.75 Å². The van der Waals surface area contributed by atoms with Crippen molar-refractivity contribution in [1.82, 2.24) is 0 Å². The summed E-state index contributed by atoms with van der Waals surface area (Å²) in [4.78, 5) is 0. The van der Waals surface area contributed by atoms with Crippen molar-refractivity contribution in [2.45, 2.75) is 20.0 Å². The lowest BCUT2D eigenvalue weighted by Gasteiger charge is -2.14. The molecule has 1 aromatic rings. The maximum absolute atomic E-state index is 11.9. The van der Waals surface area contributed by atoms with E-state index in [1.165, 1.54) is 0 Å². The molecule has 1 aromatic carbocycles. The highest BCUT2D eigenvalue weighted by Crippen LogP contribution is 2.24. The molecule has 1 rings (SSSR count). The Morgan fingerprint density at radius 3 is 2.29 bits per heavy atom. The molecular formula is C13H17F3N2O3. The average Bonchev–Trinajstić information content (AvgIpc) is 2.38. The van der Waals surface area contributed by atoms with E-state index in [2.05, 4.69) is 9.89 Å². The highest BCUT2D eigenvalue weighted by molar-refractivity contribution is 5.97. The highest BCUT2D eigenvalue weighted by atomic mass is 19.4. The number of nitrogens with two attached hydrogens (primary N) is 1. The minimum Gasteiger partial charge on any atom is -0.491 e. The monoisotopic (exact) mass is 306 g/mol. The molecule has 0 spiro atoms. The summed E-state index contributed by atoms with van der Waals surface area (Å²) < 4.78 is 45.5. The van der Waals surface area contributed by atoms with E-state index in [-0.39, 0.29) is 19.0 Å². The van der Waals surface area contributed by atoms with Crippen molar-refractivity contribution < 1.29 is 27.9 Å². The molecule has 118 valence electrons. The number of aryl methyl sites for hydroxylation is 2. The van der Waals surface area contributed by atoms with Gasteiger partial charge in [0.25, 0.3) is 0 Å². The van der Waals surface area contributed by atoms with Crippen molar-refractivity contribution >= 4 is 5.84 Å². The van der Waals surface area contributed by atoms with Crippen molar-refractivity contribution in [2.24, 2.45) is 10.9 Å². The normalized spacial score (nSPS) is 12.5. The third-order valence-corrected chi connectivity index (χ3v) is 2.60. The first-order chi connectivity index (χ1) is 9.74. The van der Waals surface area contributed by atoms with Crippen molar-refractivity contribution in [3.8, 4) is 5.75 Å². The van der Waals surface area contributed by atoms with E-state index in [9.17, 15) is 13.2 Å². The van der Waals surface area contributed by atoms with E-state index in [1.807, 2.05) is 0 Å². The van der Waals surface area contributed by atoms with Crippen LogP contribution in [-0.2, 0) is 4.74 Å². The van der Waals surface area contributed by atoms with E-state index in [1.54, 1.807) is 26.0 Å². The number of hydrogen-bond donors (Lipinski definition) is 2. The highest BCUT2D eigenvalue weighted by Gasteiger charge is 2.27. The van der Waals surface area contributed by atoms with E-state index in [0.717, 1.165) is 11.1 Å². The van der Waals surface area contributed by atoms with Gasteiger partial charge in [-0.1, -0.05) is 5.16 Å². The van der Waals surface area contributed by atoms with Gasteiger partial charge in [0.1, 0.15) is 19.0 Å². The maximum atomic E-state index is 11.9. The molecule has 21 heavy (non-hydrogen) atoms. The van der Waals surface area contributed by atoms with Gasteiger partial charge in [-0.2, -0.15) is 13.2 Å². The average molecular weight is 306 g/mol. The predicted molar refractivity (Wildman–Crippen MR) is 70.8 cm³/mol. The number of halogens is 3. The van der Waals surface area contributed by atoms with Gasteiger partial charge in [0.15, 0.2) is 5.84 Å². The van der Waals surface area contributed by atoms with E-state index < -0.39 is 12.8 Å². The number of oxime groups is 1. The second-order valence-corrected chi connectivity index (χ2v) is 4.44. The Hall–Kier alpha value is -1.96. The van der Waals surface area contributed by atoms with Gasteiger partial charge >= 0.3 is 6.18 Å². The Morgan fingerprint density at radius 2 is 1.81 bits per heavy atom. The standard InChI is InChI=1S/C13H17F3N2O3/c1-8-5-10(12(17)18-19)6-9(2)11(8)21-4-3-20-7-13(14,15)16/h5-6,19H,3-4,7H2,1-2H3,(H2,17,18). The molecular weight excluding hydrogens is 289 g/mol. The smallest absolute Gasteiger partial charge is 0.411 e. The van der Waals surface area contributed by atoms with Gasteiger partial charge in [0.05, 0.1) is 6.61 Å². The summed E-state index contributed by atoms with van der Waals surface area (Å²) in [7, 11) is 0. The van der Waals surface area contributed by atoms with Crippen LogP contribution in [0.25, 0.3) is 0 Å². The largest absolute Gasteiger partial charge is 0.491 e. The number of hydrogen-bond acceptors (Lipinski definition) is 4. The van der Waals surface area contributed by atoms with Gasteiger partial charge < -0.3 is 20.4 Å². The number of benzene rings is 1. The van der Waals surface area contributed by atoms with Crippen LogP contribution in [0, 0.1) is 13.8 Å². The van der Waals surface area contributed by atoms with Crippen LogP contribution in [0.3, 0.4) is 0 Å². The number of alkyl halides is 3. The van der Waals surface area contributed by atoms with Crippen LogP contribution in [0.1, 0.15) is 16.7 Å². The van der Waals surface area contributed by atoms with Gasteiger partial charge in [-0.25, -0.2) is 0 Å². The third-order valence-electron chi connectivity index (χ3n) is 2.60. The van der Waals surface area contributed by atoms with Crippen molar-refractivity contribution in [2.75, 3.05) is 19.8 Å². The summed E-state index contributed by atoms with van der Waals surface area (Å²) in [5.41, 5.74) is 7.49. The van der Waals surface area contributed by atoms with Gasteiger partial charge in [-0.05, 0) is 37.1 Å². The molecule has 0 saturated heterocycles. The van der Waals surface area contributed by atoms with Crippen molar-refractivity contribution in [1.29, 1.82) is 0 Å². The van der Waals surface area contributed by atoms with Crippen LogP contribution >= 0.6 is 0 Å². The maximum Gasteiger partial charge on any atom is 0.411 e. The molecule has 0 atom stereocenters. The van der Waals surface area contributed by atoms with Crippen LogP contribution in [0.2, 0.25) is 0 Å². The molecule has 0 fully saturated rings. The van der Waals surface area contributed by atoms with Gasteiger partial charge in [0.2, 0.25) is 0 Å². The molecule has 0 bridgehead atoms. The Balaban J connectivity index is 2.60. The fourth-order valence-electron chi connectivity index (χ4n) is 1.77. The SMILES string of the molecule is Cc1cc(C(N)=NO)cc(C)c1OCCOCC(F)(F)F. The quantitative estimate of drug-likeness (QED) is 0.278. The molecule has 0 aromatic heterocycles. The summed E-state index contributed by atoms with van der Waals surface area (Å²) in [5.74, 6) is 0.515. The fourth-order valence-corrected chi connectivity index (χ4v) is 1.77. The molecule has 0 amide bonds. The first kappa shape index (κ1) is 17.1.